The summed E-state index contributed by atoms with van der Waals surface area (Å²) in [5, 5.41) is 9.68. The molecule has 0 atom stereocenters. The van der Waals surface area contributed by atoms with Crippen LogP contribution in [0.15, 0.2) is 0 Å². The van der Waals surface area contributed by atoms with Gasteiger partial charge in [-0.15, -0.1) is 0 Å². The average molecular weight is 227 g/mol. The Morgan fingerprint density at radius 3 is 2.87 bits per heavy atom. The fourth-order valence-corrected chi connectivity index (χ4v) is 2.51. The highest BCUT2D eigenvalue weighted by Crippen LogP contribution is 2.30. The van der Waals surface area contributed by atoms with E-state index in [4.69, 9.17) is 10.8 Å². The molecule has 1 aromatic heterocycles. The van der Waals surface area contributed by atoms with Crippen molar-refractivity contribution in [3.63, 3.8) is 0 Å². The summed E-state index contributed by atoms with van der Waals surface area (Å²) in [6.45, 7) is 4.20. The molecule has 1 aliphatic heterocycles. The quantitative estimate of drug-likeness (QED) is 0.788. The number of aryl methyl sites for hydroxylation is 1. The van der Waals surface area contributed by atoms with Crippen LogP contribution in [0.3, 0.4) is 0 Å². The number of aromatic carboxylic acids is 1. The van der Waals surface area contributed by atoms with E-state index in [1.54, 1.807) is 6.92 Å². The number of carbonyl (C=O) groups is 1. The van der Waals surface area contributed by atoms with Crippen molar-refractivity contribution in [3.8, 4) is 0 Å². The average Bonchev–Trinajstić information content (AvgIpc) is 2.45. The van der Waals surface area contributed by atoms with Gasteiger partial charge in [-0.1, -0.05) is 11.3 Å². The van der Waals surface area contributed by atoms with Gasteiger partial charge >= 0.3 is 5.97 Å². The van der Waals surface area contributed by atoms with E-state index in [1.807, 2.05) is 0 Å². The molecule has 0 saturated carbocycles. The van der Waals surface area contributed by atoms with E-state index in [-0.39, 0.29) is 0 Å². The smallest absolute Gasteiger partial charge is 0.347 e. The van der Waals surface area contributed by atoms with Crippen molar-refractivity contribution in [2.45, 2.75) is 6.92 Å². The predicted octanol–water partition coefficient (Wildman–Crippen LogP) is 0.545. The number of thiazole rings is 1. The number of anilines is 1. The summed E-state index contributed by atoms with van der Waals surface area (Å²) in [5.74, 6) is -0.366. The Labute approximate surface area is 91.5 Å². The van der Waals surface area contributed by atoms with Gasteiger partial charge in [0.2, 0.25) is 0 Å². The summed E-state index contributed by atoms with van der Waals surface area (Å²) in [5.41, 5.74) is 6.12. The van der Waals surface area contributed by atoms with Gasteiger partial charge in [0.05, 0.1) is 5.69 Å². The fraction of sp³-hybridized carbons (Fsp3) is 0.556. The van der Waals surface area contributed by atoms with Crippen molar-refractivity contribution in [3.05, 3.63) is 10.6 Å². The van der Waals surface area contributed by atoms with E-state index in [1.165, 1.54) is 11.3 Å². The van der Waals surface area contributed by atoms with Gasteiger partial charge in [0.25, 0.3) is 0 Å². The number of nitrogens with two attached hydrogens (primary N) is 1. The van der Waals surface area contributed by atoms with E-state index < -0.39 is 5.97 Å². The molecule has 3 N–H and O–H groups in total. The SMILES string of the molecule is Cc1nc(N2CC(CN)C2)sc1C(=O)O. The molecular weight excluding hydrogens is 214 g/mol. The molecule has 2 rings (SSSR count). The molecule has 1 fully saturated rings. The molecule has 1 aliphatic rings. The standard InChI is InChI=1S/C9H13N3O2S/c1-5-7(8(13)14)15-9(11-5)12-3-6(2-10)4-12/h6H,2-4,10H2,1H3,(H,13,14). The number of hydrogen-bond donors (Lipinski definition) is 2. The molecule has 15 heavy (non-hydrogen) atoms. The maximum absolute atomic E-state index is 10.8. The van der Waals surface area contributed by atoms with Crippen molar-refractivity contribution in [1.82, 2.24) is 4.98 Å². The van der Waals surface area contributed by atoms with Gasteiger partial charge in [-0.25, -0.2) is 9.78 Å². The number of rotatable bonds is 3. The summed E-state index contributed by atoms with van der Waals surface area (Å²) in [7, 11) is 0. The first-order chi connectivity index (χ1) is 7.11. The van der Waals surface area contributed by atoms with Gasteiger partial charge in [0, 0.05) is 19.0 Å². The summed E-state index contributed by atoms with van der Waals surface area (Å²) >= 11 is 1.24. The highest BCUT2D eigenvalue weighted by atomic mass is 32.1. The Morgan fingerprint density at radius 1 is 1.73 bits per heavy atom. The summed E-state index contributed by atoms with van der Waals surface area (Å²) in [6.07, 6.45) is 0. The molecule has 0 amide bonds. The second-order valence-electron chi connectivity index (χ2n) is 3.72. The van der Waals surface area contributed by atoms with Gasteiger partial charge in [-0.3, -0.25) is 0 Å². The van der Waals surface area contributed by atoms with Crippen molar-refractivity contribution in [2.75, 3.05) is 24.5 Å². The first-order valence-electron chi connectivity index (χ1n) is 4.77. The van der Waals surface area contributed by atoms with E-state index in [2.05, 4.69) is 9.88 Å². The second-order valence-corrected chi connectivity index (χ2v) is 4.70. The van der Waals surface area contributed by atoms with E-state index in [9.17, 15) is 4.79 Å². The van der Waals surface area contributed by atoms with Crippen LogP contribution in [0.4, 0.5) is 5.13 Å². The van der Waals surface area contributed by atoms with E-state index in [0.717, 1.165) is 18.2 Å². The Kier molecular flexibility index (Phi) is 2.62. The highest BCUT2D eigenvalue weighted by molar-refractivity contribution is 7.17. The third kappa shape index (κ3) is 1.82. The van der Waals surface area contributed by atoms with E-state index in [0.29, 0.717) is 23.0 Å². The minimum absolute atomic E-state index is 0.334. The molecule has 0 spiro atoms. The van der Waals surface area contributed by atoms with Crippen LogP contribution in [0, 0.1) is 12.8 Å². The van der Waals surface area contributed by atoms with Crippen LogP contribution in [0.2, 0.25) is 0 Å². The Bertz CT molecular complexity index is 385. The minimum atomic E-state index is -0.896. The Morgan fingerprint density at radius 2 is 2.40 bits per heavy atom. The number of nitrogens with zero attached hydrogens (tertiary/aromatic N) is 2. The molecule has 0 aliphatic carbocycles. The second kappa shape index (κ2) is 3.79. The van der Waals surface area contributed by atoms with Crippen LogP contribution in [0.1, 0.15) is 15.4 Å². The molecular formula is C9H13N3O2S. The lowest BCUT2D eigenvalue weighted by Crippen LogP contribution is -2.49. The molecule has 2 heterocycles. The van der Waals surface area contributed by atoms with E-state index >= 15 is 0 Å². The zero-order valence-corrected chi connectivity index (χ0v) is 9.25. The number of aromatic nitrogens is 1. The molecule has 0 unspecified atom stereocenters. The Balaban J connectivity index is 2.11. The van der Waals surface area contributed by atoms with Crippen molar-refractivity contribution in [1.29, 1.82) is 0 Å². The lowest BCUT2D eigenvalue weighted by atomic mass is 10.0. The van der Waals surface area contributed by atoms with Crippen LogP contribution >= 0.6 is 11.3 Å². The predicted molar refractivity (Wildman–Crippen MR) is 58.6 cm³/mol. The lowest BCUT2D eigenvalue weighted by molar-refractivity contribution is 0.0701. The van der Waals surface area contributed by atoms with Gasteiger partial charge < -0.3 is 15.7 Å². The minimum Gasteiger partial charge on any atom is -0.477 e. The van der Waals surface area contributed by atoms with Gasteiger partial charge in [-0.2, -0.15) is 0 Å². The number of carboxylic acids is 1. The zero-order valence-electron chi connectivity index (χ0n) is 8.43. The molecule has 1 aromatic rings. The first-order valence-corrected chi connectivity index (χ1v) is 5.59. The topological polar surface area (TPSA) is 79.5 Å². The Hall–Kier alpha value is -1.14. The zero-order chi connectivity index (χ0) is 11.0. The molecule has 82 valence electrons. The summed E-state index contributed by atoms with van der Waals surface area (Å²) in [6, 6.07) is 0. The largest absolute Gasteiger partial charge is 0.477 e. The van der Waals surface area contributed by atoms with Crippen molar-refractivity contribution in [2.24, 2.45) is 11.7 Å². The van der Waals surface area contributed by atoms with Gasteiger partial charge in [-0.05, 0) is 13.5 Å². The number of carboxylic acid groups (broad SMARTS) is 1. The van der Waals surface area contributed by atoms with Crippen LogP contribution in [-0.2, 0) is 0 Å². The molecule has 0 aromatic carbocycles. The molecule has 5 nitrogen and oxygen atoms in total. The molecule has 0 bridgehead atoms. The molecule has 0 radical (unpaired) electrons. The monoisotopic (exact) mass is 227 g/mol. The van der Waals surface area contributed by atoms with Crippen LogP contribution in [0.25, 0.3) is 0 Å². The normalized spacial score (nSPS) is 16.5. The maximum Gasteiger partial charge on any atom is 0.347 e. The van der Waals surface area contributed by atoms with Crippen molar-refractivity contribution >= 4 is 22.4 Å². The fourth-order valence-electron chi connectivity index (χ4n) is 1.59. The lowest BCUT2D eigenvalue weighted by Gasteiger charge is -2.38. The third-order valence-corrected chi connectivity index (χ3v) is 3.75. The first kappa shape index (κ1) is 10.4. The maximum atomic E-state index is 10.8. The van der Waals surface area contributed by atoms with Gasteiger partial charge in [0.15, 0.2) is 5.13 Å². The summed E-state index contributed by atoms with van der Waals surface area (Å²) in [4.78, 5) is 17.5. The third-order valence-electron chi connectivity index (χ3n) is 2.54. The number of hydrogen-bond acceptors (Lipinski definition) is 5. The molecule has 1 saturated heterocycles. The van der Waals surface area contributed by atoms with Gasteiger partial charge in [0.1, 0.15) is 4.88 Å². The van der Waals surface area contributed by atoms with Crippen LogP contribution in [0.5, 0.6) is 0 Å². The van der Waals surface area contributed by atoms with Crippen molar-refractivity contribution < 1.29 is 9.90 Å². The van der Waals surface area contributed by atoms with Crippen LogP contribution < -0.4 is 10.6 Å². The highest BCUT2D eigenvalue weighted by Gasteiger charge is 2.28. The summed E-state index contributed by atoms with van der Waals surface area (Å²) < 4.78 is 0. The molecule has 6 heteroatoms. The van der Waals surface area contributed by atoms with Crippen LogP contribution in [-0.4, -0.2) is 35.7 Å².